The van der Waals surface area contributed by atoms with Crippen LogP contribution < -0.4 is 4.74 Å². The number of aliphatic hydroxyl groups is 2. The first-order chi connectivity index (χ1) is 16.0. The molecular formula is C25H23NO7. The van der Waals surface area contributed by atoms with Crippen LogP contribution in [0.2, 0.25) is 0 Å². The fourth-order valence-electron chi connectivity index (χ4n) is 3.82. The van der Waals surface area contributed by atoms with Crippen molar-refractivity contribution < 1.29 is 34.1 Å². The molecule has 2 heterocycles. The van der Waals surface area contributed by atoms with Gasteiger partial charge in [-0.25, -0.2) is 4.79 Å². The third kappa shape index (κ3) is 4.72. The molecule has 8 heteroatoms. The molecule has 0 saturated carbocycles. The number of hydrogen-bond donors (Lipinski definition) is 2. The quantitative estimate of drug-likeness (QED) is 0.308. The molecular weight excluding hydrogens is 426 g/mol. The van der Waals surface area contributed by atoms with Gasteiger partial charge >= 0.3 is 11.9 Å². The average Bonchev–Trinajstić information content (AvgIpc) is 3.45. The summed E-state index contributed by atoms with van der Waals surface area (Å²) in [4.78, 5) is 37.7. The largest absolute Gasteiger partial charge is 0.454 e. The number of hydrogen-bond acceptors (Lipinski definition) is 7. The normalized spacial score (nSPS) is 14.7. The van der Waals surface area contributed by atoms with E-state index in [1.54, 1.807) is 24.3 Å². The number of carbonyl (C=O) groups is 3. The fraction of sp³-hybridized carbons (Fsp3) is 0.240. The number of nitrogens with zero attached hydrogens (tertiary/aromatic N) is 1. The molecule has 33 heavy (non-hydrogen) atoms. The molecule has 0 saturated heterocycles. The summed E-state index contributed by atoms with van der Waals surface area (Å²) in [6, 6.07) is 18.3. The maximum Gasteiger partial charge on any atom is 0.338 e. The van der Waals surface area contributed by atoms with Crippen LogP contribution in [0.3, 0.4) is 0 Å². The molecule has 1 aliphatic heterocycles. The number of rotatable bonds is 8. The van der Waals surface area contributed by atoms with Gasteiger partial charge in [0.05, 0.1) is 30.4 Å². The van der Waals surface area contributed by atoms with Crippen molar-refractivity contribution in [1.29, 1.82) is 0 Å². The summed E-state index contributed by atoms with van der Waals surface area (Å²) in [6.07, 6.45) is -0.467. The highest BCUT2D eigenvalue weighted by Crippen LogP contribution is 2.33. The summed E-state index contributed by atoms with van der Waals surface area (Å²) < 4.78 is 12.3. The number of ketones is 1. The molecule has 1 aliphatic rings. The zero-order valence-electron chi connectivity index (χ0n) is 17.7. The Balaban J connectivity index is 1.42. The van der Waals surface area contributed by atoms with E-state index >= 15 is 0 Å². The lowest BCUT2D eigenvalue weighted by Gasteiger charge is -2.13. The maximum absolute atomic E-state index is 12.8. The molecule has 170 valence electrons. The first-order valence-corrected chi connectivity index (χ1v) is 10.6. The number of fused-ring (bicyclic) bond motifs is 1. The minimum absolute atomic E-state index is 0.0945. The second kappa shape index (κ2) is 9.81. The second-order valence-electron chi connectivity index (χ2n) is 7.67. The summed E-state index contributed by atoms with van der Waals surface area (Å²) in [5.74, 6) is -1.47. The Morgan fingerprint density at radius 2 is 1.61 bits per heavy atom. The highest BCUT2D eigenvalue weighted by molar-refractivity contribution is 6.08. The number of esters is 2. The Hall–Kier alpha value is -3.75. The minimum atomic E-state index is -0.993. The summed E-state index contributed by atoms with van der Waals surface area (Å²) >= 11 is 0. The monoisotopic (exact) mass is 449 g/mol. The van der Waals surface area contributed by atoms with Gasteiger partial charge in [-0.3, -0.25) is 9.59 Å². The second-order valence-corrected chi connectivity index (χ2v) is 7.67. The van der Waals surface area contributed by atoms with Crippen molar-refractivity contribution in [2.75, 3.05) is 13.2 Å². The van der Waals surface area contributed by atoms with Gasteiger partial charge in [0.1, 0.15) is 11.9 Å². The summed E-state index contributed by atoms with van der Waals surface area (Å²) in [5.41, 5.74) is 2.06. The molecule has 8 nitrogen and oxygen atoms in total. The van der Waals surface area contributed by atoms with Crippen LogP contribution in [-0.2, 0) is 16.1 Å². The van der Waals surface area contributed by atoms with Gasteiger partial charge in [-0.1, -0.05) is 30.3 Å². The molecule has 2 aromatic carbocycles. The minimum Gasteiger partial charge on any atom is -0.454 e. The van der Waals surface area contributed by atoms with Crippen LogP contribution in [0.5, 0.6) is 5.75 Å². The Labute approximate surface area is 190 Å². The third-order valence-electron chi connectivity index (χ3n) is 5.56. The van der Waals surface area contributed by atoms with E-state index in [9.17, 15) is 14.4 Å². The average molecular weight is 449 g/mol. The first-order valence-electron chi connectivity index (χ1n) is 10.6. The van der Waals surface area contributed by atoms with Gasteiger partial charge in [0, 0.05) is 17.8 Å². The number of benzene rings is 2. The standard InChI is InChI=1S/C25H23NO7/c27-14-19(15-28)33-24(30)17-6-8-18(9-7-17)32-25(31)20-12-13-26-21(20)10-11-22(26)23(29)16-4-2-1-3-5-16/h1-11,19-20,27-28H,12-15H2. The fourth-order valence-corrected chi connectivity index (χ4v) is 3.82. The van der Waals surface area contributed by atoms with E-state index in [1.165, 1.54) is 24.3 Å². The van der Waals surface area contributed by atoms with Crippen LogP contribution >= 0.6 is 0 Å². The van der Waals surface area contributed by atoms with E-state index in [-0.39, 0.29) is 17.1 Å². The van der Waals surface area contributed by atoms with Crippen molar-refractivity contribution in [2.45, 2.75) is 25.0 Å². The lowest BCUT2D eigenvalue weighted by atomic mass is 10.1. The molecule has 4 rings (SSSR count). The topological polar surface area (TPSA) is 115 Å². The molecule has 0 amide bonds. The Morgan fingerprint density at radius 1 is 0.909 bits per heavy atom. The Kier molecular flexibility index (Phi) is 6.67. The summed E-state index contributed by atoms with van der Waals surface area (Å²) in [5, 5.41) is 18.0. The molecule has 0 spiro atoms. The molecule has 1 unspecified atom stereocenters. The van der Waals surface area contributed by atoms with Gasteiger partial charge in [0.2, 0.25) is 5.78 Å². The van der Waals surface area contributed by atoms with Crippen LogP contribution in [-0.4, -0.2) is 51.8 Å². The Bertz CT molecular complexity index is 1150. The van der Waals surface area contributed by atoms with E-state index in [2.05, 4.69) is 0 Å². The van der Waals surface area contributed by atoms with Gasteiger partial charge in [-0.2, -0.15) is 0 Å². The maximum atomic E-state index is 12.8. The van der Waals surface area contributed by atoms with Crippen LogP contribution in [0.25, 0.3) is 0 Å². The van der Waals surface area contributed by atoms with Crippen molar-refractivity contribution >= 4 is 17.7 Å². The lowest BCUT2D eigenvalue weighted by Crippen LogP contribution is -2.25. The molecule has 1 atom stereocenters. The van der Waals surface area contributed by atoms with E-state index in [0.717, 1.165) is 5.69 Å². The van der Waals surface area contributed by atoms with Crippen LogP contribution in [0.4, 0.5) is 0 Å². The van der Waals surface area contributed by atoms with Crippen molar-refractivity contribution in [3.8, 4) is 5.75 Å². The molecule has 2 N–H and O–H groups in total. The highest BCUT2D eigenvalue weighted by Gasteiger charge is 2.33. The van der Waals surface area contributed by atoms with Gasteiger partial charge in [-0.15, -0.1) is 0 Å². The molecule has 0 fully saturated rings. The first kappa shape index (κ1) is 22.4. The molecule has 0 radical (unpaired) electrons. The van der Waals surface area contributed by atoms with Gasteiger partial charge in [-0.05, 0) is 42.8 Å². The third-order valence-corrected chi connectivity index (χ3v) is 5.56. The van der Waals surface area contributed by atoms with E-state index < -0.39 is 37.2 Å². The van der Waals surface area contributed by atoms with Crippen molar-refractivity contribution in [2.24, 2.45) is 0 Å². The number of ether oxygens (including phenoxy) is 2. The number of aromatic nitrogens is 1. The van der Waals surface area contributed by atoms with Crippen LogP contribution in [0, 0.1) is 0 Å². The van der Waals surface area contributed by atoms with E-state index in [0.29, 0.717) is 24.2 Å². The van der Waals surface area contributed by atoms with E-state index in [1.807, 2.05) is 22.8 Å². The summed E-state index contributed by atoms with van der Waals surface area (Å²) in [6.45, 7) is -0.433. The van der Waals surface area contributed by atoms with Gasteiger partial charge < -0.3 is 24.3 Å². The Morgan fingerprint density at radius 3 is 2.27 bits per heavy atom. The molecule has 0 bridgehead atoms. The van der Waals surface area contributed by atoms with E-state index in [4.69, 9.17) is 19.7 Å². The zero-order valence-corrected chi connectivity index (χ0v) is 17.7. The predicted octanol–water partition coefficient (Wildman–Crippen LogP) is 2.32. The van der Waals surface area contributed by atoms with Crippen molar-refractivity contribution in [1.82, 2.24) is 4.57 Å². The number of carbonyl (C=O) groups excluding carboxylic acids is 3. The number of aliphatic hydroxyl groups excluding tert-OH is 2. The lowest BCUT2D eigenvalue weighted by molar-refractivity contribution is -0.136. The van der Waals surface area contributed by atoms with Crippen molar-refractivity contribution in [3.63, 3.8) is 0 Å². The molecule has 0 aliphatic carbocycles. The molecule has 1 aromatic heterocycles. The SMILES string of the molecule is O=C(OC(CO)CO)c1ccc(OC(=O)C2CCn3c(C(=O)c4ccccc4)ccc32)cc1. The van der Waals surface area contributed by atoms with Crippen LogP contribution in [0.1, 0.15) is 44.4 Å². The summed E-state index contributed by atoms with van der Waals surface area (Å²) in [7, 11) is 0. The highest BCUT2D eigenvalue weighted by atomic mass is 16.6. The zero-order chi connectivity index (χ0) is 23.4. The van der Waals surface area contributed by atoms with Crippen LogP contribution in [0.15, 0.2) is 66.7 Å². The van der Waals surface area contributed by atoms with Crippen molar-refractivity contribution in [3.05, 3.63) is 89.2 Å². The smallest absolute Gasteiger partial charge is 0.338 e. The predicted molar refractivity (Wildman–Crippen MR) is 117 cm³/mol. The van der Waals surface area contributed by atoms with Gasteiger partial charge in [0.15, 0.2) is 0 Å². The van der Waals surface area contributed by atoms with Gasteiger partial charge in [0.25, 0.3) is 0 Å². The molecule has 3 aromatic rings.